The van der Waals surface area contributed by atoms with Crippen LogP contribution in [0.4, 0.5) is 11.4 Å². The molecule has 0 bridgehead atoms. The van der Waals surface area contributed by atoms with Gasteiger partial charge in [0.05, 0.1) is 12.5 Å². The minimum absolute atomic E-state index is 0.00962. The summed E-state index contributed by atoms with van der Waals surface area (Å²) >= 11 is 0. The van der Waals surface area contributed by atoms with Crippen molar-refractivity contribution in [2.24, 2.45) is 0 Å². The Kier molecular flexibility index (Phi) is 5.53. The van der Waals surface area contributed by atoms with Gasteiger partial charge in [-0.3, -0.25) is 9.59 Å². The summed E-state index contributed by atoms with van der Waals surface area (Å²) in [6, 6.07) is 24.0. The predicted molar refractivity (Wildman–Crippen MR) is 118 cm³/mol. The quantitative estimate of drug-likeness (QED) is 0.611. The fourth-order valence-corrected chi connectivity index (χ4v) is 3.77. The highest BCUT2D eigenvalue weighted by atomic mass is 16.5. The molecule has 0 aromatic heterocycles. The van der Waals surface area contributed by atoms with E-state index in [1.807, 2.05) is 30.3 Å². The molecule has 1 fully saturated rings. The first-order valence-electron chi connectivity index (χ1n) is 10.0. The van der Waals surface area contributed by atoms with E-state index >= 15 is 0 Å². The highest BCUT2D eigenvalue weighted by molar-refractivity contribution is 6.05. The van der Waals surface area contributed by atoms with Gasteiger partial charge in [0.1, 0.15) is 5.75 Å². The lowest BCUT2D eigenvalue weighted by molar-refractivity contribution is -0.124. The Morgan fingerprint density at radius 2 is 1.40 bits per heavy atom. The van der Waals surface area contributed by atoms with Crippen LogP contribution in [0.15, 0.2) is 78.9 Å². The summed E-state index contributed by atoms with van der Waals surface area (Å²) in [5.41, 5.74) is 2.50. The van der Waals surface area contributed by atoms with Crippen molar-refractivity contribution in [3.8, 4) is 5.75 Å². The smallest absolute Gasteiger partial charge is 0.255 e. The molecule has 3 aromatic rings. The third kappa shape index (κ3) is 3.92. The number of benzene rings is 3. The first kappa shape index (κ1) is 19.7. The zero-order valence-corrected chi connectivity index (χ0v) is 16.9. The molecule has 2 N–H and O–H groups in total. The number of hydrogen-bond acceptors (Lipinski definition) is 3. The fourth-order valence-electron chi connectivity index (χ4n) is 3.77. The summed E-state index contributed by atoms with van der Waals surface area (Å²) in [6.45, 7) is 0. The Morgan fingerprint density at radius 1 is 0.800 bits per heavy atom. The molecular formula is C25H24N2O3. The normalized spacial score (nSPS) is 14.3. The number of rotatable bonds is 6. The van der Waals surface area contributed by atoms with Crippen molar-refractivity contribution in [2.75, 3.05) is 17.7 Å². The Labute approximate surface area is 176 Å². The van der Waals surface area contributed by atoms with E-state index in [2.05, 4.69) is 10.6 Å². The molecule has 1 saturated carbocycles. The topological polar surface area (TPSA) is 67.4 Å². The van der Waals surface area contributed by atoms with Crippen LogP contribution in [0.2, 0.25) is 0 Å². The van der Waals surface area contributed by atoms with E-state index in [0.717, 1.165) is 30.6 Å². The number of carbonyl (C=O) groups is 2. The van der Waals surface area contributed by atoms with E-state index in [1.165, 1.54) is 0 Å². The molecule has 152 valence electrons. The number of nitrogens with one attached hydrogen (secondary N) is 2. The van der Waals surface area contributed by atoms with Crippen LogP contribution in [-0.4, -0.2) is 18.9 Å². The summed E-state index contributed by atoms with van der Waals surface area (Å²) in [6.07, 6.45) is 2.75. The van der Waals surface area contributed by atoms with E-state index < -0.39 is 5.41 Å². The zero-order valence-electron chi connectivity index (χ0n) is 16.9. The number of ether oxygens (including phenoxy) is 1. The number of hydrogen-bond donors (Lipinski definition) is 2. The average Bonchev–Trinajstić information content (AvgIpc) is 2.75. The van der Waals surface area contributed by atoms with Crippen LogP contribution in [0.3, 0.4) is 0 Å². The molecule has 4 rings (SSSR count). The highest BCUT2D eigenvalue weighted by Crippen LogP contribution is 2.44. The van der Waals surface area contributed by atoms with E-state index in [9.17, 15) is 9.59 Å². The highest BCUT2D eigenvalue weighted by Gasteiger charge is 2.45. The van der Waals surface area contributed by atoms with Crippen LogP contribution in [0.25, 0.3) is 0 Å². The zero-order chi connectivity index (χ0) is 21.0. The average molecular weight is 400 g/mol. The lowest BCUT2D eigenvalue weighted by Crippen LogP contribution is -2.45. The van der Waals surface area contributed by atoms with Gasteiger partial charge in [0, 0.05) is 16.9 Å². The molecule has 2 amide bonds. The first-order valence-corrected chi connectivity index (χ1v) is 10.0. The molecule has 5 heteroatoms. The molecule has 3 aromatic carbocycles. The van der Waals surface area contributed by atoms with E-state index in [1.54, 1.807) is 55.6 Å². The SMILES string of the molecule is COc1ccc(NC(=O)c2ccc(NC(=O)C3(c4ccccc4)CCC3)cc2)cc1. The maximum atomic E-state index is 13.0. The van der Waals surface area contributed by atoms with Gasteiger partial charge in [-0.05, 0) is 66.9 Å². The van der Waals surface area contributed by atoms with Crippen LogP contribution < -0.4 is 15.4 Å². The maximum Gasteiger partial charge on any atom is 0.255 e. The Bertz CT molecular complexity index is 1020. The van der Waals surface area contributed by atoms with Crippen molar-refractivity contribution in [1.82, 2.24) is 0 Å². The van der Waals surface area contributed by atoms with Gasteiger partial charge in [-0.1, -0.05) is 36.8 Å². The standard InChI is InChI=1S/C25H24N2O3/c1-30-22-14-12-20(13-15-22)26-23(28)18-8-10-21(11-9-18)27-24(29)25(16-5-17-25)19-6-3-2-4-7-19/h2-4,6-15H,5,16-17H2,1H3,(H,26,28)(H,27,29). The van der Waals surface area contributed by atoms with Gasteiger partial charge in [0.2, 0.25) is 5.91 Å². The summed E-state index contributed by atoms with van der Waals surface area (Å²) in [7, 11) is 1.60. The molecule has 1 aliphatic rings. The first-order chi connectivity index (χ1) is 14.6. The van der Waals surface area contributed by atoms with Crippen molar-refractivity contribution in [1.29, 1.82) is 0 Å². The number of amides is 2. The summed E-state index contributed by atoms with van der Waals surface area (Å²) < 4.78 is 5.12. The minimum Gasteiger partial charge on any atom is -0.497 e. The Hall–Kier alpha value is -3.60. The number of anilines is 2. The Balaban J connectivity index is 1.42. The molecular weight excluding hydrogens is 376 g/mol. The molecule has 1 aliphatic carbocycles. The fraction of sp³-hybridized carbons (Fsp3) is 0.200. The van der Waals surface area contributed by atoms with E-state index in [4.69, 9.17) is 4.74 Å². The van der Waals surface area contributed by atoms with Gasteiger partial charge < -0.3 is 15.4 Å². The maximum absolute atomic E-state index is 13.0. The second-order valence-electron chi connectivity index (χ2n) is 7.52. The molecule has 30 heavy (non-hydrogen) atoms. The van der Waals surface area contributed by atoms with Gasteiger partial charge in [-0.25, -0.2) is 0 Å². The van der Waals surface area contributed by atoms with Gasteiger partial charge in [-0.2, -0.15) is 0 Å². The third-order valence-electron chi connectivity index (χ3n) is 5.72. The van der Waals surface area contributed by atoms with Gasteiger partial charge in [0.15, 0.2) is 0 Å². The third-order valence-corrected chi connectivity index (χ3v) is 5.72. The van der Waals surface area contributed by atoms with Crippen molar-refractivity contribution >= 4 is 23.2 Å². The predicted octanol–water partition coefficient (Wildman–Crippen LogP) is 5.01. The molecule has 0 saturated heterocycles. The lowest BCUT2D eigenvalue weighted by atomic mass is 9.64. The summed E-state index contributed by atoms with van der Waals surface area (Å²) in [5.74, 6) is 0.529. The molecule has 0 aliphatic heterocycles. The van der Waals surface area contributed by atoms with Gasteiger partial charge in [0.25, 0.3) is 5.91 Å². The molecule has 0 unspecified atom stereocenters. The lowest BCUT2D eigenvalue weighted by Gasteiger charge is -2.40. The van der Waals surface area contributed by atoms with Crippen molar-refractivity contribution in [2.45, 2.75) is 24.7 Å². The summed E-state index contributed by atoms with van der Waals surface area (Å²) in [4.78, 5) is 25.5. The van der Waals surface area contributed by atoms with Crippen LogP contribution >= 0.6 is 0 Å². The van der Waals surface area contributed by atoms with Crippen LogP contribution in [0.5, 0.6) is 5.75 Å². The monoisotopic (exact) mass is 400 g/mol. The van der Waals surface area contributed by atoms with E-state index in [0.29, 0.717) is 16.9 Å². The largest absolute Gasteiger partial charge is 0.497 e. The van der Waals surface area contributed by atoms with E-state index in [-0.39, 0.29) is 11.8 Å². The van der Waals surface area contributed by atoms with Gasteiger partial charge >= 0.3 is 0 Å². The van der Waals surface area contributed by atoms with Crippen LogP contribution in [0, 0.1) is 0 Å². The van der Waals surface area contributed by atoms with Crippen LogP contribution in [-0.2, 0) is 10.2 Å². The second-order valence-corrected chi connectivity index (χ2v) is 7.52. The molecule has 0 heterocycles. The van der Waals surface area contributed by atoms with Gasteiger partial charge in [-0.15, -0.1) is 0 Å². The molecule has 0 radical (unpaired) electrons. The number of methoxy groups -OCH3 is 1. The second kappa shape index (κ2) is 8.41. The van der Waals surface area contributed by atoms with Crippen molar-refractivity contribution in [3.05, 3.63) is 90.0 Å². The van der Waals surface area contributed by atoms with Crippen molar-refractivity contribution < 1.29 is 14.3 Å². The molecule has 5 nitrogen and oxygen atoms in total. The summed E-state index contributed by atoms with van der Waals surface area (Å²) in [5, 5.41) is 5.88. The van der Waals surface area contributed by atoms with Crippen molar-refractivity contribution in [3.63, 3.8) is 0 Å². The Morgan fingerprint density at radius 3 is 1.97 bits per heavy atom. The molecule has 0 spiro atoms. The molecule has 0 atom stereocenters. The minimum atomic E-state index is -0.453. The number of carbonyl (C=O) groups excluding carboxylic acids is 2. The van der Waals surface area contributed by atoms with Crippen LogP contribution in [0.1, 0.15) is 35.2 Å².